The van der Waals surface area contributed by atoms with Crippen LogP contribution < -0.4 is 5.32 Å². The van der Waals surface area contributed by atoms with Crippen LogP contribution in [0.2, 0.25) is 5.02 Å². The number of aliphatic hydroxyl groups excluding tert-OH is 1. The topological polar surface area (TPSA) is 75.6 Å². The van der Waals surface area contributed by atoms with E-state index in [-0.39, 0.29) is 0 Å². The van der Waals surface area contributed by atoms with Crippen LogP contribution in [0.15, 0.2) is 24.3 Å². The van der Waals surface area contributed by atoms with E-state index in [0.29, 0.717) is 5.02 Å². The summed E-state index contributed by atoms with van der Waals surface area (Å²) in [5.74, 6) is -1.21. The SMILES string of the molecule is COC(=O)C(CO)NC(=O)/C=C/c1ccc(C)c(Cl)c1. The second kappa shape index (κ2) is 7.67. The predicted octanol–water partition coefficient (Wildman–Crippen LogP) is 1.31. The Morgan fingerprint density at radius 1 is 1.50 bits per heavy atom. The van der Waals surface area contributed by atoms with E-state index in [9.17, 15) is 9.59 Å². The molecule has 0 heterocycles. The molecule has 6 heteroatoms. The van der Waals surface area contributed by atoms with Crippen molar-refractivity contribution in [1.29, 1.82) is 0 Å². The van der Waals surface area contributed by atoms with Crippen molar-refractivity contribution >= 4 is 29.6 Å². The number of esters is 1. The van der Waals surface area contributed by atoms with Gasteiger partial charge in [-0.05, 0) is 30.2 Å². The van der Waals surface area contributed by atoms with Crippen LogP contribution in [0.5, 0.6) is 0 Å². The van der Waals surface area contributed by atoms with Crippen LogP contribution in [-0.4, -0.2) is 36.7 Å². The van der Waals surface area contributed by atoms with Crippen LogP contribution in [0.4, 0.5) is 0 Å². The fourth-order valence-corrected chi connectivity index (χ4v) is 1.61. The summed E-state index contributed by atoms with van der Waals surface area (Å²) in [5, 5.41) is 11.9. The zero-order valence-corrected chi connectivity index (χ0v) is 12.0. The van der Waals surface area contributed by atoms with Crippen molar-refractivity contribution in [2.24, 2.45) is 0 Å². The zero-order valence-electron chi connectivity index (χ0n) is 11.2. The van der Waals surface area contributed by atoms with Crippen LogP contribution in [0.1, 0.15) is 11.1 Å². The molecule has 0 saturated heterocycles. The largest absolute Gasteiger partial charge is 0.467 e. The number of nitrogens with one attached hydrogen (secondary N) is 1. The molecule has 0 aromatic heterocycles. The summed E-state index contributed by atoms with van der Waals surface area (Å²) >= 11 is 5.97. The van der Waals surface area contributed by atoms with Crippen molar-refractivity contribution in [3.63, 3.8) is 0 Å². The Kier molecular flexibility index (Phi) is 6.21. The first-order valence-corrected chi connectivity index (χ1v) is 6.29. The molecule has 0 fully saturated rings. The number of aryl methyl sites for hydroxylation is 1. The smallest absolute Gasteiger partial charge is 0.330 e. The van der Waals surface area contributed by atoms with Gasteiger partial charge < -0.3 is 15.2 Å². The van der Waals surface area contributed by atoms with E-state index < -0.39 is 24.5 Å². The molecule has 0 aliphatic carbocycles. The number of methoxy groups -OCH3 is 1. The second-order valence-electron chi connectivity index (χ2n) is 4.11. The summed E-state index contributed by atoms with van der Waals surface area (Å²) in [5.41, 5.74) is 1.70. The highest BCUT2D eigenvalue weighted by Gasteiger charge is 2.18. The van der Waals surface area contributed by atoms with E-state index in [1.165, 1.54) is 13.2 Å². The Morgan fingerprint density at radius 2 is 2.20 bits per heavy atom. The van der Waals surface area contributed by atoms with Gasteiger partial charge in [-0.3, -0.25) is 4.79 Å². The van der Waals surface area contributed by atoms with Crippen LogP contribution >= 0.6 is 11.6 Å². The Morgan fingerprint density at radius 3 is 2.75 bits per heavy atom. The maximum Gasteiger partial charge on any atom is 0.330 e. The Labute approximate surface area is 122 Å². The summed E-state index contributed by atoms with van der Waals surface area (Å²) in [6.45, 7) is 1.35. The van der Waals surface area contributed by atoms with Gasteiger partial charge in [-0.15, -0.1) is 0 Å². The number of hydrogen-bond acceptors (Lipinski definition) is 4. The van der Waals surface area contributed by atoms with E-state index in [1.54, 1.807) is 12.1 Å². The molecule has 1 rings (SSSR count). The molecule has 2 N–H and O–H groups in total. The number of hydrogen-bond donors (Lipinski definition) is 2. The van der Waals surface area contributed by atoms with Gasteiger partial charge in [0.1, 0.15) is 0 Å². The number of aliphatic hydroxyl groups is 1. The van der Waals surface area contributed by atoms with E-state index in [4.69, 9.17) is 16.7 Å². The van der Waals surface area contributed by atoms with Gasteiger partial charge in [-0.1, -0.05) is 23.7 Å². The molecule has 0 saturated carbocycles. The fourth-order valence-electron chi connectivity index (χ4n) is 1.43. The monoisotopic (exact) mass is 297 g/mol. The first-order valence-electron chi connectivity index (χ1n) is 5.91. The molecule has 1 aromatic carbocycles. The number of rotatable bonds is 5. The van der Waals surface area contributed by atoms with Crippen LogP contribution in [0, 0.1) is 6.92 Å². The molecule has 1 unspecified atom stereocenters. The predicted molar refractivity (Wildman–Crippen MR) is 76.3 cm³/mol. The van der Waals surface area contributed by atoms with Gasteiger partial charge in [-0.25, -0.2) is 4.79 Å². The molecule has 20 heavy (non-hydrogen) atoms. The maximum absolute atomic E-state index is 11.6. The van der Waals surface area contributed by atoms with Crippen LogP contribution in [0.3, 0.4) is 0 Å². The molecule has 0 aliphatic heterocycles. The molecule has 0 bridgehead atoms. The lowest BCUT2D eigenvalue weighted by molar-refractivity contribution is -0.145. The van der Waals surface area contributed by atoms with Gasteiger partial charge in [0, 0.05) is 11.1 Å². The summed E-state index contributed by atoms with van der Waals surface area (Å²) < 4.78 is 4.44. The Balaban J connectivity index is 2.67. The standard InChI is InChI=1S/C14H16ClNO4/c1-9-3-4-10(7-11(9)15)5-6-13(18)16-12(8-17)14(19)20-2/h3-7,12,17H,8H2,1-2H3,(H,16,18)/b6-5+. The number of carbonyl (C=O) groups is 2. The molecule has 1 amide bonds. The molecule has 0 aliphatic rings. The first-order chi connectivity index (χ1) is 9.47. The normalized spacial score (nSPS) is 12.2. The van der Waals surface area contributed by atoms with Gasteiger partial charge >= 0.3 is 5.97 Å². The molecule has 1 atom stereocenters. The average molecular weight is 298 g/mol. The lowest BCUT2D eigenvalue weighted by atomic mass is 10.1. The molecule has 0 spiro atoms. The zero-order chi connectivity index (χ0) is 15.1. The van der Waals surface area contributed by atoms with Crippen molar-refractivity contribution < 1.29 is 19.4 Å². The van der Waals surface area contributed by atoms with Crippen molar-refractivity contribution in [3.05, 3.63) is 40.4 Å². The van der Waals surface area contributed by atoms with Crippen molar-refractivity contribution in [3.8, 4) is 0 Å². The lowest BCUT2D eigenvalue weighted by Gasteiger charge is -2.11. The van der Waals surface area contributed by atoms with E-state index in [0.717, 1.165) is 11.1 Å². The van der Waals surface area contributed by atoms with Crippen molar-refractivity contribution in [2.75, 3.05) is 13.7 Å². The highest BCUT2D eigenvalue weighted by Crippen LogP contribution is 2.17. The number of ether oxygens (including phenoxy) is 1. The number of carbonyl (C=O) groups excluding carboxylic acids is 2. The fraction of sp³-hybridized carbons (Fsp3) is 0.286. The van der Waals surface area contributed by atoms with Crippen LogP contribution in [-0.2, 0) is 14.3 Å². The highest BCUT2D eigenvalue weighted by molar-refractivity contribution is 6.31. The molecule has 5 nitrogen and oxygen atoms in total. The van der Waals surface area contributed by atoms with Gasteiger partial charge in [0.25, 0.3) is 0 Å². The lowest BCUT2D eigenvalue weighted by Crippen LogP contribution is -2.43. The summed E-state index contributed by atoms with van der Waals surface area (Å²) in [6, 6.07) is 4.31. The van der Waals surface area contributed by atoms with Gasteiger partial charge in [-0.2, -0.15) is 0 Å². The molecular weight excluding hydrogens is 282 g/mol. The second-order valence-corrected chi connectivity index (χ2v) is 4.52. The summed E-state index contributed by atoms with van der Waals surface area (Å²) in [6.07, 6.45) is 2.82. The first kappa shape index (κ1) is 16.2. The van der Waals surface area contributed by atoms with Gasteiger partial charge in [0.05, 0.1) is 13.7 Å². The van der Waals surface area contributed by atoms with E-state index in [1.807, 2.05) is 19.1 Å². The summed E-state index contributed by atoms with van der Waals surface area (Å²) in [7, 11) is 1.18. The number of benzene rings is 1. The maximum atomic E-state index is 11.6. The Hall–Kier alpha value is -1.85. The van der Waals surface area contributed by atoms with Crippen molar-refractivity contribution in [1.82, 2.24) is 5.32 Å². The minimum atomic E-state index is -1.07. The summed E-state index contributed by atoms with van der Waals surface area (Å²) in [4.78, 5) is 22.8. The molecule has 108 valence electrons. The van der Waals surface area contributed by atoms with Gasteiger partial charge in [0.15, 0.2) is 6.04 Å². The average Bonchev–Trinajstić information content (AvgIpc) is 2.45. The van der Waals surface area contributed by atoms with Crippen LogP contribution in [0.25, 0.3) is 6.08 Å². The third-order valence-corrected chi connectivity index (χ3v) is 3.02. The molecule has 1 aromatic rings. The Bertz CT molecular complexity index is 528. The minimum absolute atomic E-state index is 0.508. The number of halogens is 1. The number of amides is 1. The van der Waals surface area contributed by atoms with E-state index in [2.05, 4.69) is 10.1 Å². The van der Waals surface area contributed by atoms with E-state index >= 15 is 0 Å². The molecule has 0 radical (unpaired) electrons. The third-order valence-electron chi connectivity index (χ3n) is 2.61. The van der Waals surface area contributed by atoms with Crippen molar-refractivity contribution in [2.45, 2.75) is 13.0 Å². The van der Waals surface area contributed by atoms with Gasteiger partial charge in [0.2, 0.25) is 5.91 Å². The highest BCUT2D eigenvalue weighted by atomic mass is 35.5. The quantitative estimate of drug-likeness (QED) is 0.635. The third kappa shape index (κ3) is 4.68. The molecular formula is C14H16ClNO4. The minimum Gasteiger partial charge on any atom is -0.467 e.